The Morgan fingerprint density at radius 1 is 1.07 bits per heavy atom. The molecule has 3 rings (SSSR count). The van der Waals surface area contributed by atoms with E-state index in [0.29, 0.717) is 5.56 Å². The number of aliphatic hydroxyl groups is 1. The SMILES string of the molecule is CC(C)C(=O)C1=C(O)C(=O)N(c2ccc(F)c(F)c2)C1c1cccc(O)c1. The maximum absolute atomic E-state index is 13.7. The van der Waals surface area contributed by atoms with Crippen molar-refractivity contribution in [3.05, 3.63) is 71.0 Å². The molecule has 0 aliphatic carbocycles. The largest absolute Gasteiger partial charge is 0.508 e. The summed E-state index contributed by atoms with van der Waals surface area (Å²) in [6, 6.07) is 7.62. The number of anilines is 1. The second kappa shape index (κ2) is 6.83. The quantitative estimate of drug-likeness (QED) is 0.855. The number of rotatable bonds is 4. The van der Waals surface area contributed by atoms with Gasteiger partial charge in [0.05, 0.1) is 11.6 Å². The van der Waals surface area contributed by atoms with Gasteiger partial charge in [0.25, 0.3) is 5.91 Å². The number of phenols is 1. The molecule has 5 nitrogen and oxygen atoms in total. The van der Waals surface area contributed by atoms with Crippen molar-refractivity contribution in [3.63, 3.8) is 0 Å². The molecular weight excluding hydrogens is 356 g/mol. The third-order valence-corrected chi connectivity index (χ3v) is 4.37. The number of carbonyl (C=O) groups is 2. The number of nitrogens with zero attached hydrogens (tertiary/aromatic N) is 1. The number of carbonyl (C=O) groups excluding carboxylic acids is 2. The predicted molar refractivity (Wildman–Crippen MR) is 94.2 cm³/mol. The molecule has 7 heteroatoms. The summed E-state index contributed by atoms with van der Waals surface area (Å²) in [6.45, 7) is 3.24. The van der Waals surface area contributed by atoms with Crippen molar-refractivity contribution in [2.75, 3.05) is 4.90 Å². The number of aliphatic hydroxyl groups excluding tert-OH is 1. The fourth-order valence-electron chi connectivity index (χ4n) is 3.08. The normalized spacial score (nSPS) is 17.1. The standard InChI is InChI=1S/C20H17F2NO4/c1-10(2)18(25)16-17(11-4-3-5-13(24)8-11)23(20(27)19(16)26)12-6-7-14(21)15(22)9-12/h3-10,17,24,26H,1-2H3. The number of halogens is 2. The molecular formula is C20H17F2NO4. The number of phenolic OH excluding ortho intramolecular Hbond substituents is 1. The van der Waals surface area contributed by atoms with E-state index in [-0.39, 0.29) is 17.0 Å². The second-order valence-electron chi connectivity index (χ2n) is 6.55. The first-order chi connectivity index (χ1) is 12.7. The molecule has 0 radical (unpaired) electrons. The summed E-state index contributed by atoms with van der Waals surface area (Å²) in [4.78, 5) is 26.4. The minimum Gasteiger partial charge on any atom is -0.508 e. The van der Waals surface area contributed by atoms with E-state index in [1.165, 1.54) is 24.3 Å². The molecule has 2 aromatic rings. The van der Waals surface area contributed by atoms with Crippen LogP contribution in [0.3, 0.4) is 0 Å². The number of amides is 1. The van der Waals surface area contributed by atoms with E-state index in [0.717, 1.165) is 17.0 Å². The van der Waals surface area contributed by atoms with Crippen molar-refractivity contribution in [1.82, 2.24) is 0 Å². The molecule has 1 heterocycles. The van der Waals surface area contributed by atoms with Crippen molar-refractivity contribution in [2.45, 2.75) is 19.9 Å². The summed E-state index contributed by atoms with van der Waals surface area (Å²) in [6.07, 6.45) is 0. The van der Waals surface area contributed by atoms with Gasteiger partial charge in [-0.1, -0.05) is 26.0 Å². The van der Waals surface area contributed by atoms with Crippen molar-refractivity contribution >= 4 is 17.4 Å². The smallest absolute Gasteiger partial charge is 0.294 e. The van der Waals surface area contributed by atoms with Crippen LogP contribution in [0.15, 0.2) is 53.8 Å². The van der Waals surface area contributed by atoms with Crippen LogP contribution >= 0.6 is 0 Å². The molecule has 1 amide bonds. The van der Waals surface area contributed by atoms with Crippen LogP contribution in [0.1, 0.15) is 25.5 Å². The zero-order valence-corrected chi connectivity index (χ0v) is 14.6. The Balaban J connectivity index is 2.21. The van der Waals surface area contributed by atoms with E-state index in [2.05, 4.69) is 0 Å². The Kier molecular flexibility index (Phi) is 4.70. The fourth-order valence-corrected chi connectivity index (χ4v) is 3.08. The van der Waals surface area contributed by atoms with Crippen LogP contribution in [0.5, 0.6) is 5.75 Å². The summed E-state index contributed by atoms with van der Waals surface area (Å²) in [5.74, 6) is -4.98. The van der Waals surface area contributed by atoms with Gasteiger partial charge in [0.2, 0.25) is 0 Å². The predicted octanol–water partition coefficient (Wildman–Crippen LogP) is 3.80. The van der Waals surface area contributed by atoms with Gasteiger partial charge >= 0.3 is 0 Å². The number of benzene rings is 2. The van der Waals surface area contributed by atoms with Gasteiger partial charge in [0, 0.05) is 17.7 Å². The maximum atomic E-state index is 13.7. The molecule has 27 heavy (non-hydrogen) atoms. The summed E-state index contributed by atoms with van der Waals surface area (Å²) in [7, 11) is 0. The van der Waals surface area contributed by atoms with Gasteiger partial charge in [-0.2, -0.15) is 0 Å². The third-order valence-electron chi connectivity index (χ3n) is 4.37. The van der Waals surface area contributed by atoms with Crippen LogP contribution in [0, 0.1) is 17.6 Å². The number of ketones is 1. The van der Waals surface area contributed by atoms with Crippen LogP contribution in [-0.4, -0.2) is 21.9 Å². The molecule has 0 fully saturated rings. The molecule has 0 saturated carbocycles. The van der Waals surface area contributed by atoms with Gasteiger partial charge in [-0.3, -0.25) is 14.5 Å². The summed E-state index contributed by atoms with van der Waals surface area (Å²) in [5.41, 5.74) is 0.178. The first-order valence-corrected chi connectivity index (χ1v) is 8.27. The molecule has 1 aliphatic heterocycles. The minimum atomic E-state index is -1.17. The van der Waals surface area contributed by atoms with Crippen LogP contribution in [0.25, 0.3) is 0 Å². The lowest BCUT2D eigenvalue weighted by molar-refractivity contribution is -0.119. The van der Waals surface area contributed by atoms with E-state index in [1.807, 2.05) is 0 Å². The minimum absolute atomic E-state index is 0.0228. The molecule has 1 atom stereocenters. The molecule has 0 aromatic heterocycles. The highest BCUT2D eigenvalue weighted by atomic mass is 19.2. The third kappa shape index (κ3) is 3.16. The lowest BCUT2D eigenvalue weighted by Gasteiger charge is -2.27. The summed E-state index contributed by atoms with van der Waals surface area (Å²) < 4.78 is 27.1. The Hall–Kier alpha value is -3.22. The molecule has 1 unspecified atom stereocenters. The fraction of sp³-hybridized carbons (Fsp3) is 0.200. The lowest BCUT2D eigenvalue weighted by Crippen LogP contribution is -2.31. The highest BCUT2D eigenvalue weighted by molar-refractivity contribution is 6.16. The van der Waals surface area contributed by atoms with Crippen LogP contribution < -0.4 is 4.90 Å². The van der Waals surface area contributed by atoms with Crippen molar-refractivity contribution < 1.29 is 28.6 Å². The van der Waals surface area contributed by atoms with Gasteiger partial charge in [0.1, 0.15) is 5.75 Å². The highest BCUT2D eigenvalue weighted by Gasteiger charge is 2.45. The first kappa shape index (κ1) is 18.6. The molecule has 1 aliphatic rings. The molecule has 0 saturated heterocycles. The zero-order chi connectivity index (χ0) is 19.9. The maximum Gasteiger partial charge on any atom is 0.294 e. The van der Waals surface area contributed by atoms with E-state index in [1.54, 1.807) is 19.9 Å². The Labute approximate surface area is 154 Å². The van der Waals surface area contributed by atoms with Crippen molar-refractivity contribution in [1.29, 1.82) is 0 Å². The Morgan fingerprint density at radius 2 is 1.78 bits per heavy atom. The van der Waals surface area contributed by atoms with E-state index < -0.39 is 41.0 Å². The number of aromatic hydroxyl groups is 1. The molecule has 2 N–H and O–H groups in total. The first-order valence-electron chi connectivity index (χ1n) is 8.27. The molecule has 2 aromatic carbocycles. The number of Topliss-reactive ketones (excluding diaryl/α,β-unsaturated/α-hetero) is 1. The monoisotopic (exact) mass is 373 g/mol. The molecule has 0 bridgehead atoms. The van der Waals surface area contributed by atoms with Crippen molar-refractivity contribution in [3.8, 4) is 5.75 Å². The van der Waals surface area contributed by atoms with Crippen LogP contribution in [-0.2, 0) is 9.59 Å². The highest BCUT2D eigenvalue weighted by Crippen LogP contribution is 2.42. The average Bonchev–Trinajstić information content (AvgIpc) is 2.88. The Bertz CT molecular complexity index is 968. The lowest BCUT2D eigenvalue weighted by atomic mass is 9.91. The van der Waals surface area contributed by atoms with Gasteiger partial charge in [-0.05, 0) is 29.8 Å². The van der Waals surface area contributed by atoms with Crippen LogP contribution in [0.4, 0.5) is 14.5 Å². The van der Waals surface area contributed by atoms with Gasteiger partial charge < -0.3 is 10.2 Å². The number of hydrogen-bond acceptors (Lipinski definition) is 4. The van der Waals surface area contributed by atoms with E-state index in [9.17, 15) is 28.6 Å². The van der Waals surface area contributed by atoms with Crippen LogP contribution in [0.2, 0.25) is 0 Å². The topological polar surface area (TPSA) is 77.8 Å². The van der Waals surface area contributed by atoms with Crippen molar-refractivity contribution in [2.24, 2.45) is 5.92 Å². The summed E-state index contributed by atoms with van der Waals surface area (Å²) in [5, 5.41) is 20.2. The Morgan fingerprint density at radius 3 is 2.37 bits per heavy atom. The van der Waals surface area contributed by atoms with Gasteiger partial charge in [-0.25, -0.2) is 8.78 Å². The average molecular weight is 373 g/mol. The second-order valence-corrected chi connectivity index (χ2v) is 6.55. The van der Waals surface area contributed by atoms with E-state index >= 15 is 0 Å². The van der Waals surface area contributed by atoms with E-state index in [4.69, 9.17) is 0 Å². The zero-order valence-electron chi connectivity index (χ0n) is 14.6. The molecule has 140 valence electrons. The summed E-state index contributed by atoms with van der Waals surface area (Å²) >= 11 is 0. The number of hydrogen-bond donors (Lipinski definition) is 2. The van der Waals surface area contributed by atoms with Gasteiger partial charge in [0.15, 0.2) is 23.2 Å². The van der Waals surface area contributed by atoms with Gasteiger partial charge in [-0.15, -0.1) is 0 Å². The molecule has 0 spiro atoms.